The van der Waals surface area contributed by atoms with Gasteiger partial charge < -0.3 is 5.73 Å². The molecule has 0 aliphatic rings. The SMILES string of the molecule is Cc1cccc([SiH2]CCCSCCCN)c1C. The molecule has 0 unspecified atom stereocenters. The molecule has 96 valence electrons. The van der Waals surface area contributed by atoms with Crippen molar-refractivity contribution < 1.29 is 0 Å². The fourth-order valence-electron chi connectivity index (χ4n) is 1.89. The summed E-state index contributed by atoms with van der Waals surface area (Å²) in [4.78, 5) is 0. The minimum atomic E-state index is -0.0392. The van der Waals surface area contributed by atoms with Crippen LogP contribution in [0.4, 0.5) is 0 Å². The molecule has 1 nitrogen and oxygen atoms in total. The second-order valence-corrected chi connectivity index (χ2v) is 7.76. The third-order valence-electron chi connectivity index (χ3n) is 3.19. The van der Waals surface area contributed by atoms with E-state index in [0.29, 0.717) is 0 Å². The predicted molar refractivity (Wildman–Crippen MR) is 84.5 cm³/mol. The number of aryl methyl sites for hydroxylation is 1. The van der Waals surface area contributed by atoms with Crippen molar-refractivity contribution in [1.82, 2.24) is 0 Å². The molecular formula is C14H25NSSi. The average Bonchev–Trinajstić information content (AvgIpc) is 2.33. The first-order chi connectivity index (χ1) is 8.25. The minimum Gasteiger partial charge on any atom is -0.330 e. The fourth-order valence-corrected chi connectivity index (χ4v) is 5.07. The molecular weight excluding hydrogens is 242 g/mol. The van der Waals surface area contributed by atoms with Crippen molar-refractivity contribution in [2.24, 2.45) is 5.73 Å². The van der Waals surface area contributed by atoms with Crippen molar-refractivity contribution in [3.8, 4) is 0 Å². The van der Waals surface area contributed by atoms with Gasteiger partial charge in [0.25, 0.3) is 0 Å². The van der Waals surface area contributed by atoms with Gasteiger partial charge >= 0.3 is 0 Å². The topological polar surface area (TPSA) is 26.0 Å². The van der Waals surface area contributed by atoms with Gasteiger partial charge in [-0.1, -0.05) is 29.4 Å². The van der Waals surface area contributed by atoms with Crippen LogP contribution in [-0.4, -0.2) is 27.6 Å². The van der Waals surface area contributed by atoms with Gasteiger partial charge in [0.1, 0.15) is 0 Å². The Bertz CT molecular complexity index is 328. The van der Waals surface area contributed by atoms with Crippen molar-refractivity contribution in [1.29, 1.82) is 0 Å². The second kappa shape index (κ2) is 8.78. The van der Waals surface area contributed by atoms with E-state index in [1.807, 2.05) is 0 Å². The summed E-state index contributed by atoms with van der Waals surface area (Å²) < 4.78 is 0. The van der Waals surface area contributed by atoms with Crippen LogP contribution < -0.4 is 10.9 Å². The first kappa shape index (κ1) is 14.8. The van der Waals surface area contributed by atoms with Crippen LogP contribution in [-0.2, 0) is 0 Å². The highest BCUT2D eigenvalue weighted by Crippen LogP contribution is 2.07. The normalized spacial score (nSPS) is 11.5. The maximum absolute atomic E-state index is 5.47. The fraction of sp³-hybridized carbons (Fsp3) is 0.571. The highest BCUT2D eigenvalue weighted by Gasteiger charge is 2.00. The summed E-state index contributed by atoms with van der Waals surface area (Å²) in [6, 6.07) is 8.20. The van der Waals surface area contributed by atoms with Gasteiger partial charge in [0, 0.05) is 0 Å². The molecule has 0 saturated carbocycles. The Labute approximate surface area is 112 Å². The molecule has 0 aliphatic carbocycles. The van der Waals surface area contributed by atoms with Gasteiger partial charge in [-0.25, -0.2) is 0 Å². The summed E-state index contributed by atoms with van der Waals surface area (Å²) in [6.45, 7) is 5.33. The van der Waals surface area contributed by atoms with E-state index in [2.05, 4.69) is 43.8 Å². The summed E-state index contributed by atoms with van der Waals surface area (Å²) >= 11 is 2.06. The van der Waals surface area contributed by atoms with E-state index in [1.54, 1.807) is 5.19 Å². The van der Waals surface area contributed by atoms with E-state index in [0.717, 1.165) is 6.54 Å². The van der Waals surface area contributed by atoms with Crippen LogP contribution >= 0.6 is 11.8 Å². The van der Waals surface area contributed by atoms with Gasteiger partial charge in [0.05, 0.1) is 9.52 Å². The van der Waals surface area contributed by atoms with E-state index in [4.69, 9.17) is 5.73 Å². The second-order valence-electron chi connectivity index (χ2n) is 4.57. The molecule has 0 amide bonds. The molecule has 0 atom stereocenters. The summed E-state index contributed by atoms with van der Waals surface area (Å²) in [5.41, 5.74) is 8.46. The monoisotopic (exact) mass is 267 g/mol. The lowest BCUT2D eigenvalue weighted by Crippen LogP contribution is -2.18. The minimum absolute atomic E-state index is 0.0392. The smallest absolute Gasteiger partial charge is 0.0551 e. The zero-order valence-corrected chi connectivity index (χ0v) is 13.4. The van der Waals surface area contributed by atoms with Crippen LogP contribution in [0.2, 0.25) is 6.04 Å². The van der Waals surface area contributed by atoms with Crippen LogP contribution in [0.5, 0.6) is 0 Å². The third kappa shape index (κ3) is 5.75. The molecule has 1 aromatic carbocycles. The molecule has 17 heavy (non-hydrogen) atoms. The Morgan fingerprint density at radius 2 is 1.94 bits per heavy atom. The molecule has 0 spiro atoms. The van der Waals surface area contributed by atoms with Gasteiger partial charge in [-0.05, 0) is 55.9 Å². The van der Waals surface area contributed by atoms with Crippen molar-refractivity contribution >= 4 is 26.5 Å². The van der Waals surface area contributed by atoms with Crippen LogP contribution in [0, 0.1) is 13.8 Å². The Hall–Kier alpha value is -0.253. The van der Waals surface area contributed by atoms with E-state index in [9.17, 15) is 0 Å². The Morgan fingerprint density at radius 1 is 1.18 bits per heavy atom. The molecule has 0 heterocycles. The van der Waals surface area contributed by atoms with Gasteiger partial charge in [-0.3, -0.25) is 0 Å². The van der Waals surface area contributed by atoms with E-state index in [-0.39, 0.29) is 9.52 Å². The number of rotatable bonds is 8. The van der Waals surface area contributed by atoms with Crippen molar-refractivity contribution in [2.45, 2.75) is 32.7 Å². The van der Waals surface area contributed by atoms with E-state index in [1.165, 1.54) is 41.5 Å². The zero-order chi connectivity index (χ0) is 12.5. The van der Waals surface area contributed by atoms with Crippen molar-refractivity contribution in [2.75, 3.05) is 18.1 Å². The number of benzene rings is 1. The highest BCUT2D eigenvalue weighted by molar-refractivity contribution is 7.99. The molecule has 1 rings (SSSR count). The van der Waals surface area contributed by atoms with Crippen LogP contribution in [0.3, 0.4) is 0 Å². The summed E-state index contributed by atoms with van der Waals surface area (Å²) in [5, 5.41) is 1.66. The molecule has 1 aromatic rings. The quantitative estimate of drug-likeness (QED) is 0.576. The standard InChI is InChI=1S/C14H25NSSi/c1-12-6-3-7-14(13(12)2)17-11-5-10-16-9-4-8-15/h3,6-7H,4-5,8-11,15,17H2,1-2H3. The number of nitrogens with two attached hydrogens (primary N) is 1. The maximum atomic E-state index is 5.47. The number of thioether (sulfide) groups is 1. The Balaban J connectivity index is 2.16. The third-order valence-corrected chi connectivity index (χ3v) is 6.51. The van der Waals surface area contributed by atoms with E-state index >= 15 is 0 Å². The molecule has 0 aliphatic heterocycles. The number of hydrogen-bond acceptors (Lipinski definition) is 2. The zero-order valence-electron chi connectivity index (χ0n) is 11.2. The molecule has 0 bridgehead atoms. The van der Waals surface area contributed by atoms with Crippen LogP contribution in [0.1, 0.15) is 24.0 Å². The lowest BCUT2D eigenvalue weighted by Gasteiger charge is -2.07. The van der Waals surface area contributed by atoms with Gasteiger partial charge in [-0.15, -0.1) is 0 Å². The van der Waals surface area contributed by atoms with Crippen molar-refractivity contribution in [3.63, 3.8) is 0 Å². The lowest BCUT2D eigenvalue weighted by atomic mass is 10.1. The summed E-state index contributed by atoms with van der Waals surface area (Å²) in [7, 11) is -0.0392. The van der Waals surface area contributed by atoms with E-state index < -0.39 is 0 Å². The lowest BCUT2D eigenvalue weighted by molar-refractivity contribution is 0.941. The summed E-state index contributed by atoms with van der Waals surface area (Å²) in [6.07, 6.45) is 2.55. The summed E-state index contributed by atoms with van der Waals surface area (Å²) in [5.74, 6) is 2.55. The molecule has 3 heteroatoms. The largest absolute Gasteiger partial charge is 0.330 e. The van der Waals surface area contributed by atoms with Gasteiger partial charge in [-0.2, -0.15) is 11.8 Å². The van der Waals surface area contributed by atoms with Gasteiger partial charge in [0.15, 0.2) is 0 Å². The highest BCUT2D eigenvalue weighted by atomic mass is 32.2. The number of hydrogen-bond donors (Lipinski definition) is 1. The molecule has 0 radical (unpaired) electrons. The first-order valence-electron chi connectivity index (χ1n) is 6.58. The van der Waals surface area contributed by atoms with Crippen LogP contribution in [0.15, 0.2) is 18.2 Å². The molecule has 0 fully saturated rings. The average molecular weight is 268 g/mol. The predicted octanol–water partition coefficient (Wildman–Crippen LogP) is 1.99. The Kier molecular flexibility index (Phi) is 7.65. The van der Waals surface area contributed by atoms with Gasteiger partial charge in [0.2, 0.25) is 0 Å². The first-order valence-corrected chi connectivity index (χ1v) is 9.44. The molecule has 0 aromatic heterocycles. The Morgan fingerprint density at radius 3 is 2.71 bits per heavy atom. The molecule has 2 N–H and O–H groups in total. The van der Waals surface area contributed by atoms with Crippen molar-refractivity contribution in [3.05, 3.63) is 29.3 Å². The molecule has 0 saturated heterocycles. The van der Waals surface area contributed by atoms with Crippen LogP contribution in [0.25, 0.3) is 0 Å². The maximum Gasteiger partial charge on any atom is 0.0551 e.